The lowest BCUT2D eigenvalue weighted by Gasteiger charge is -2.14. The Bertz CT molecular complexity index is 1250. The van der Waals surface area contributed by atoms with Crippen molar-refractivity contribution in [2.75, 3.05) is 17.3 Å². The molecule has 0 fully saturated rings. The first-order chi connectivity index (χ1) is 14.8. The van der Waals surface area contributed by atoms with Crippen LogP contribution in [-0.2, 0) is 10.0 Å². The standard InChI is InChI=1S/C20H17BrN4O5S/c1-30-19-8-3-2-7-17(19)24-31(28,29)20-12-16(25(26)27)9-10-18(20)23-22-13-14-5-4-6-15(21)11-14/h2-13,23-24H,1H3/b22-13-. The quantitative estimate of drug-likeness (QED) is 0.262. The number of halogens is 1. The number of non-ortho nitro benzene ring substituents is 1. The van der Waals surface area contributed by atoms with Crippen molar-refractivity contribution < 1.29 is 18.1 Å². The zero-order valence-electron chi connectivity index (χ0n) is 16.2. The van der Waals surface area contributed by atoms with Crippen molar-refractivity contribution in [2.24, 2.45) is 5.10 Å². The lowest BCUT2D eigenvalue weighted by Crippen LogP contribution is -2.15. The van der Waals surface area contributed by atoms with Gasteiger partial charge in [0.1, 0.15) is 10.6 Å². The number of methoxy groups -OCH3 is 1. The van der Waals surface area contributed by atoms with Gasteiger partial charge in [0.05, 0.1) is 29.6 Å². The minimum atomic E-state index is -4.21. The first kappa shape index (κ1) is 22.2. The number of rotatable bonds is 8. The Balaban J connectivity index is 1.96. The Morgan fingerprint density at radius 1 is 1.06 bits per heavy atom. The molecule has 31 heavy (non-hydrogen) atoms. The number of nitrogens with one attached hydrogen (secondary N) is 2. The average molecular weight is 505 g/mol. The highest BCUT2D eigenvalue weighted by molar-refractivity contribution is 9.10. The molecular weight excluding hydrogens is 488 g/mol. The number of hydrazone groups is 1. The summed E-state index contributed by atoms with van der Waals surface area (Å²) in [5.41, 5.74) is 3.30. The summed E-state index contributed by atoms with van der Waals surface area (Å²) in [5, 5.41) is 15.3. The van der Waals surface area contributed by atoms with Gasteiger partial charge in [-0.25, -0.2) is 8.42 Å². The molecule has 160 valence electrons. The van der Waals surface area contributed by atoms with Crippen LogP contribution in [0.5, 0.6) is 5.75 Å². The number of hydrogen-bond donors (Lipinski definition) is 2. The molecule has 0 spiro atoms. The fraction of sp³-hybridized carbons (Fsp3) is 0.0500. The van der Waals surface area contributed by atoms with E-state index in [1.807, 2.05) is 24.3 Å². The Hall–Kier alpha value is -3.44. The Morgan fingerprint density at radius 3 is 2.55 bits per heavy atom. The highest BCUT2D eigenvalue weighted by Gasteiger charge is 2.23. The van der Waals surface area contributed by atoms with Gasteiger partial charge in [-0.2, -0.15) is 5.10 Å². The van der Waals surface area contributed by atoms with E-state index >= 15 is 0 Å². The molecule has 0 atom stereocenters. The van der Waals surface area contributed by atoms with Gasteiger partial charge in [-0.15, -0.1) is 0 Å². The van der Waals surface area contributed by atoms with Gasteiger partial charge in [-0.1, -0.05) is 40.2 Å². The van der Waals surface area contributed by atoms with Crippen LogP contribution in [0.15, 0.2) is 81.2 Å². The average Bonchev–Trinajstić information content (AvgIpc) is 2.74. The van der Waals surface area contributed by atoms with Crippen LogP contribution in [0.3, 0.4) is 0 Å². The lowest BCUT2D eigenvalue weighted by atomic mass is 10.2. The third kappa shape index (κ3) is 5.58. The van der Waals surface area contributed by atoms with Crippen molar-refractivity contribution in [3.05, 3.63) is 86.9 Å². The fourth-order valence-electron chi connectivity index (χ4n) is 2.63. The second kappa shape index (κ2) is 9.58. The number of benzene rings is 3. The first-order valence-electron chi connectivity index (χ1n) is 8.79. The number of nitro benzene ring substituents is 1. The lowest BCUT2D eigenvalue weighted by molar-refractivity contribution is -0.385. The molecular formula is C20H17BrN4O5S. The number of nitro groups is 1. The summed E-state index contributed by atoms with van der Waals surface area (Å²) < 4.78 is 34.5. The van der Waals surface area contributed by atoms with Crippen LogP contribution in [0.4, 0.5) is 17.1 Å². The molecule has 0 saturated heterocycles. The van der Waals surface area contributed by atoms with Crippen LogP contribution >= 0.6 is 15.9 Å². The Labute approximate surface area is 187 Å². The molecule has 0 radical (unpaired) electrons. The predicted molar refractivity (Wildman–Crippen MR) is 122 cm³/mol. The molecule has 0 heterocycles. The van der Waals surface area contributed by atoms with Crippen LogP contribution in [0.1, 0.15) is 5.56 Å². The molecule has 0 amide bonds. The maximum absolute atomic E-state index is 13.1. The first-order valence-corrected chi connectivity index (χ1v) is 11.1. The van der Waals surface area contributed by atoms with Gasteiger partial charge in [-0.05, 0) is 35.9 Å². The maximum atomic E-state index is 13.1. The summed E-state index contributed by atoms with van der Waals surface area (Å²) in [5.74, 6) is 0.304. The van der Waals surface area contributed by atoms with Gasteiger partial charge < -0.3 is 4.74 Å². The van der Waals surface area contributed by atoms with Crippen molar-refractivity contribution in [3.63, 3.8) is 0 Å². The van der Waals surface area contributed by atoms with Gasteiger partial charge >= 0.3 is 0 Å². The Kier molecular flexibility index (Phi) is 6.88. The highest BCUT2D eigenvalue weighted by Crippen LogP contribution is 2.31. The second-order valence-corrected chi connectivity index (χ2v) is 8.73. The van der Waals surface area contributed by atoms with Crippen molar-refractivity contribution >= 4 is 49.2 Å². The molecule has 0 bridgehead atoms. The molecule has 0 aliphatic carbocycles. The molecule has 0 unspecified atom stereocenters. The number of anilines is 2. The van der Waals surface area contributed by atoms with Crippen LogP contribution in [0.2, 0.25) is 0 Å². The van der Waals surface area contributed by atoms with E-state index in [1.54, 1.807) is 18.2 Å². The van der Waals surface area contributed by atoms with E-state index in [0.29, 0.717) is 5.75 Å². The van der Waals surface area contributed by atoms with Crippen molar-refractivity contribution in [3.8, 4) is 5.75 Å². The fourth-order valence-corrected chi connectivity index (χ4v) is 4.30. The molecule has 9 nitrogen and oxygen atoms in total. The summed E-state index contributed by atoms with van der Waals surface area (Å²) in [6.07, 6.45) is 1.50. The van der Waals surface area contributed by atoms with Crippen LogP contribution in [-0.4, -0.2) is 26.7 Å². The molecule has 3 aromatic carbocycles. The summed E-state index contributed by atoms with van der Waals surface area (Å²) >= 11 is 3.36. The molecule has 0 saturated carbocycles. The van der Waals surface area contributed by atoms with E-state index in [-0.39, 0.29) is 22.0 Å². The van der Waals surface area contributed by atoms with Crippen molar-refractivity contribution in [1.29, 1.82) is 0 Å². The van der Waals surface area contributed by atoms with E-state index in [2.05, 4.69) is 31.2 Å². The number of hydrogen-bond acceptors (Lipinski definition) is 7. The zero-order chi connectivity index (χ0) is 22.4. The van der Waals surface area contributed by atoms with Gasteiger partial charge in [0.25, 0.3) is 15.7 Å². The normalized spacial score (nSPS) is 11.3. The van der Waals surface area contributed by atoms with Gasteiger partial charge in [0.15, 0.2) is 0 Å². The highest BCUT2D eigenvalue weighted by atomic mass is 79.9. The minimum absolute atomic E-state index is 0.0687. The summed E-state index contributed by atoms with van der Waals surface area (Å²) in [4.78, 5) is 10.2. The molecule has 2 N–H and O–H groups in total. The van der Waals surface area contributed by atoms with Crippen LogP contribution in [0, 0.1) is 10.1 Å². The van der Waals surface area contributed by atoms with Crippen molar-refractivity contribution in [2.45, 2.75) is 4.90 Å². The van der Waals surface area contributed by atoms with Gasteiger partial charge in [0, 0.05) is 16.6 Å². The number of nitrogens with zero attached hydrogens (tertiary/aromatic N) is 2. The van der Waals surface area contributed by atoms with Gasteiger partial charge in [0.2, 0.25) is 0 Å². The molecule has 3 aromatic rings. The van der Waals surface area contributed by atoms with Crippen molar-refractivity contribution in [1.82, 2.24) is 0 Å². The van der Waals surface area contributed by atoms with Crippen LogP contribution < -0.4 is 14.9 Å². The number of para-hydroxylation sites is 2. The number of sulfonamides is 1. The zero-order valence-corrected chi connectivity index (χ0v) is 18.6. The van der Waals surface area contributed by atoms with E-state index in [4.69, 9.17) is 4.74 Å². The third-order valence-electron chi connectivity index (χ3n) is 4.06. The van der Waals surface area contributed by atoms with Crippen LogP contribution in [0.25, 0.3) is 0 Å². The second-order valence-electron chi connectivity index (χ2n) is 6.17. The molecule has 0 aliphatic rings. The molecule has 0 aliphatic heterocycles. The molecule has 0 aromatic heterocycles. The summed E-state index contributed by atoms with van der Waals surface area (Å²) in [6.45, 7) is 0. The summed E-state index contributed by atoms with van der Waals surface area (Å²) in [6, 6.07) is 17.2. The monoisotopic (exact) mass is 504 g/mol. The smallest absolute Gasteiger partial charge is 0.270 e. The SMILES string of the molecule is COc1ccccc1NS(=O)(=O)c1cc([N+](=O)[O-])ccc1N/N=C\c1cccc(Br)c1. The van der Waals surface area contributed by atoms with Gasteiger partial charge in [-0.3, -0.25) is 20.3 Å². The third-order valence-corrected chi connectivity index (χ3v) is 5.96. The Morgan fingerprint density at radius 2 is 1.84 bits per heavy atom. The topological polar surface area (TPSA) is 123 Å². The predicted octanol–water partition coefficient (Wildman–Crippen LogP) is 4.61. The van der Waals surface area contributed by atoms with E-state index < -0.39 is 14.9 Å². The maximum Gasteiger partial charge on any atom is 0.270 e. The molecule has 11 heteroatoms. The largest absolute Gasteiger partial charge is 0.495 e. The minimum Gasteiger partial charge on any atom is -0.495 e. The van der Waals surface area contributed by atoms with E-state index in [9.17, 15) is 18.5 Å². The van der Waals surface area contributed by atoms with E-state index in [0.717, 1.165) is 16.1 Å². The number of ether oxygens (including phenoxy) is 1. The summed E-state index contributed by atoms with van der Waals surface area (Å²) in [7, 11) is -2.81. The van der Waals surface area contributed by atoms with E-state index in [1.165, 1.54) is 31.5 Å². The molecule has 3 rings (SSSR count).